The third-order valence-corrected chi connectivity index (χ3v) is 6.99. The molecule has 0 amide bonds. The van der Waals surface area contributed by atoms with E-state index in [2.05, 4.69) is 53.3 Å². The second-order valence-corrected chi connectivity index (χ2v) is 9.20. The molecule has 1 aliphatic rings. The molecule has 6 nitrogen and oxygen atoms in total. The molecule has 8 heteroatoms. The minimum Gasteiger partial charge on any atom is -0.485 e. The van der Waals surface area contributed by atoms with Crippen LogP contribution in [0.15, 0.2) is 71.7 Å². The molecule has 2 aromatic carbocycles. The van der Waals surface area contributed by atoms with E-state index in [1.54, 1.807) is 23.1 Å². The van der Waals surface area contributed by atoms with Crippen molar-refractivity contribution in [1.82, 2.24) is 19.7 Å². The van der Waals surface area contributed by atoms with Crippen molar-refractivity contribution in [3.8, 4) is 22.1 Å². The molecule has 3 heterocycles. The summed E-state index contributed by atoms with van der Waals surface area (Å²) in [5, 5.41) is 12.8. The van der Waals surface area contributed by atoms with E-state index in [-0.39, 0.29) is 6.10 Å². The molecule has 162 valence electrons. The van der Waals surface area contributed by atoms with Gasteiger partial charge in [0.1, 0.15) is 11.6 Å². The summed E-state index contributed by atoms with van der Waals surface area (Å²) in [6.07, 6.45) is 1.52. The summed E-state index contributed by atoms with van der Waals surface area (Å²) in [6, 6.07) is 16.1. The Morgan fingerprint density at radius 2 is 1.97 bits per heavy atom. The number of benzene rings is 2. The highest BCUT2D eigenvalue weighted by Gasteiger charge is 2.28. The van der Waals surface area contributed by atoms with Crippen LogP contribution in [-0.4, -0.2) is 26.4 Å². The van der Waals surface area contributed by atoms with Crippen molar-refractivity contribution >= 4 is 23.1 Å². The summed E-state index contributed by atoms with van der Waals surface area (Å²) in [7, 11) is 0. The van der Waals surface area contributed by atoms with E-state index in [1.807, 2.05) is 34.9 Å². The fraction of sp³-hybridized carbons (Fsp3) is 0.208. The third kappa shape index (κ3) is 4.28. The van der Waals surface area contributed by atoms with E-state index in [0.717, 1.165) is 38.7 Å². The van der Waals surface area contributed by atoms with Crippen molar-refractivity contribution in [2.24, 2.45) is 0 Å². The van der Waals surface area contributed by atoms with Gasteiger partial charge in [-0.3, -0.25) is 4.57 Å². The number of fused-ring (bicyclic) bond motifs is 1. The average Bonchev–Trinajstić information content (AvgIpc) is 3.45. The second kappa shape index (κ2) is 9.18. The number of aromatic nitrogens is 4. The molecular weight excluding hydrogens is 440 g/mol. The van der Waals surface area contributed by atoms with E-state index in [4.69, 9.17) is 14.5 Å². The quantitative estimate of drug-likeness (QED) is 0.259. The Labute approximate surface area is 194 Å². The van der Waals surface area contributed by atoms with Gasteiger partial charge in [0.05, 0.1) is 5.69 Å². The lowest BCUT2D eigenvalue weighted by Gasteiger charge is -2.26. The molecule has 32 heavy (non-hydrogen) atoms. The Hall–Kier alpha value is -3.10. The van der Waals surface area contributed by atoms with Gasteiger partial charge in [-0.1, -0.05) is 59.8 Å². The molecule has 0 spiro atoms. The first-order chi connectivity index (χ1) is 15.7. The number of thiazole rings is 1. The highest BCUT2D eigenvalue weighted by Crippen LogP contribution is 2.36. The van der Waals surface area contributed by atoms with Crippen molar-refractivity contribution in [2.75, 3.05) is 6.61 Å². The Morgan fingerprint density at radius 1 is 1.16 bits per heavy atom. The summed E-state index contributed by atoms with van der Waals surface area (Å²) < 4.78 is 14.0. The van der Waals surface area contributed by atoms with Gasteiger partial charge in [0.25, 0.3) is 0 Å². The molecule has 0 radical (unpaired) electrons. The maximum Gasteiger partial charge on any atom is 0.192 e. The van der Waals surface area contributed by atoms with Crippen LogP contribution in [0.1, 0.15) is 23.2 Å². The maximum absolute atomic E-state index is 6.14. The van der Waals surface area contributed by atoms with Crippen molar-refractivity contribution < 1.29 is 9.47 Å². The lowest BCUT2D eigenvalue weighted by molar-refractivity contribution is 0.0821. The van der Waals surface area contributed by atoms with Crippen molar-refractivity contribution in [3.05, 3.63) is 83.6 Å². The first-order valence-corrected chi connectivity index (χ1v) is 12.1. The van der Waals surface area contributed by atoms with Gasteiger partial charge in [0.15, 0.2) is 28.6 Å². The van der Waals surface area contributed by atoms with Crippen LogP contribution < -0.4 is 9.47 Å². The number of ether oxygens (including phenoxy) is 2. The Kier molecular flexibility index (Phi) is 5.96. The van der Waals surface area contributed by atoms with E-state index in [0.29, 0.717) is 18.9 Å². The topological polar surface area (TPSA) is 62.1 Å². The van der Waals surface area contributed by atoms with Gasteiger partial charge in [-0.2, -0.15) is 0 Å². The minimum absolute atomic E-state index is 0.320. The Balaban J connectivity index is 1.31. The smallest absolute Gasteiger partial charge is 0.192 e. The standard InChI is InChI=1S/C24H22N4O2S2/c1-3-12-28-22(21-13-29-19-6-4-5-7-20(19)30-21)26-27-24(28)32-15-18-14-31-23(25-18)17-10-8-16(2)9-11-17/h3-11,14,21H,1,12-13,15H2,2H3. The molecule has 0 bridgehead atoms. The number of para-hydroxylation sites is 2. The zero-order chi connectivity index (χ0) is 21.9. The summed E-state index contributed by atoms with van der Waals surface area (Å²) in [5.74, 6) is 2.92. The van der Waals surface area contributed by atoms with Crippen LogP contribution in [0, 0.1) is 6.92 Å². The maximum atomic E-state index is 6.14. The van der Waals surface area contributed by atoms with Crippen LogP contribution in [0.3, 0.4) is 0 Å². The lowest BCUT2D eigenvalue weighted by Crippen LogP contribution is -2.25. The van der Waals surface area contributed by atoms with Gasteiger partial charge in [0.2, 0.25) is 0 Å². The van der Waals surface area contributed by atoms with Crippen molar-refractivity contribution in [1.29, 1.82) is 0 Å². The summed E-state index contributed by atoms with van der Waals surface area (Å²) in [4.78, 5) is 4.80. The molecule has 0 N–H and O–H groups in total. The number of nitrogens with zero attached hydrogens (tertiary/aromatic N) is 4. The SMILES string of the molecule is C=CCn1c(SCc2csc(-c3ccc(C)cc3)n2)nnc1C1COc2ccccc2O1. The number of thioether (sulfide) groups is 1. The van der Waals surface area contributed by atoms with Gasteiger partial charge in [-0.15, -0.1) is 28.1 Å². The van der Waals surface area contributed by atoms with Crippen LogP contribution in [-0.2, 0) is 12.3 Å². The van der Waals surface area contributed by atoms with Gasteiger partial charge >= 0.3 is 0 Å². The monoisotopic (exact) mass is 462 g/mol. The second-order valence-electron chi connectivity index (χ2n) is 7.40. The predicted molar refractivity (Wildman–Crippen MR) is 127 cm³/mol. The van der Waals surface area contributed by atoms with E-state index < -0.39 is 0 Å². The molecule has 0 fully saturated rings. The minimum atomic E-state index is -0.320. The van der Waals surface area contributed by atoms with Crippen molar-refractivity contribution in [3.63, 3.8) is 0 Å². The molecule has 0 saturated carbocycles. The number of allylic oxidation sites excluding steroid dienone is 1. The number of aryl methyl sites for hydroxylation is 1. The normalized spacial score (nSPS) is 15.0. The van der Waals surface area contributed by atoms with E-state index >= 15 is 0 Å². The summed E-state index contributed by atoms with van der Waals surface area (Å²) >= 11 is 3.27. The number of rotatable bonds is 7. The highest BCUT2D eigenvalue weighted by atomic mass is 32.2. The van der Waals surface area contributed by atoms with Gasteiger partial charge in [-0.05, 0) is 19.1 Å². The molecule has 0 saturated heterocycles. The van der Waals surface area contributed by atoms with Crippen molar-refractivity contribution in [2.45, 2.75) is 30.5 Å². The molecular formula is C24H22N4O2S2. The lowest BCUT2D eigenvalue weighted by atomic mass is 10.2. The summed E-state index contributed by atoms with van der Waals surface area (Å²) in [5.41, 5.74) is 3.41. The largest absolute Gasteiger partial charge is 0.485 e. The molecule has 5 rings (SSSR count). The first kappa shape index (κ1) is 20.8. The highest BCUT2D eigenvalue weighted by molar-refractivity contribution is 7.98. The van der Waals surface area contributed by atoms with Gasteiger partial charge in [-0.25, -0.2) is 4.98 Å². The van der Waals surface area contributed by atoms with E-state index in [1.165, 1.54) is 5.56 Å². The molecule has 4 aromatic rings. The van der Waals surface area contributed by atoms with Crippen LogP contribution in [0.2, 0.25) is 0 Å². The molecule has 2 aromatic heterocycles. The number of hydrogen-bond donors (Lipinski definition) is 0. The molecule has 1 aliphatic heterocycles. The Morgan fingerprint density at radius 3 is 2.78 bits per heavy atom. The van der Waals surface area contributed by atoms with Crippen LogP contribution >= 0.6 is 23.1 Å². The van der Waals surface area contributed by atoms with Crippen LogP contribution in [0.5, 0.6) is 11.5 Å². The fourth-order valence-electron chi connectivity index (χ4n) is 3.43. The van der Waals surface area contributed by atoms with Gasteiger partial charge in [0, 0.05) is 23.2 Å². The number of hydrogen-bond acceptors (Lipinski definition) is 7. The van der Waals surface area contributed by atoms with Gasteiger partial charge < -0.3 is 9.47 Å². The zero-order valence-electron chi connectivity index (χ0n) is 17.6. The molecule has 1 atom stereocenters. The average molecular weight is 463 g/mol. The molecule has 0 aliphatic carbocycles. The zero-order valence-corrected chi connectivity index (χ0v) is 19.2. The van der Waals surface area contributed by atoms with E-state index in [9.17, 15) is 0 Å². The fourth-order valence-corrected chi connectivity index (χ4v) is 5.21. The Bertz CT molecular complexity index is 1230. The first-order valence-electron chi connectivity index (χ1n) is 10.3. The van der Waals surface area contributed by atoms with Crippen LogP contribution in [0.25, 0.3) is 10.6 Å². The summed E-state index contributed by atoms with van der Waals surface area (Å²) in [6.45, 7) is 6.97. The van der Waals surface area contributed by atoms with Crippen LogP contribution in [0.4, 0.5) is 0 Å². The molecule has 1 unspecified atom stereocenters. The predicted octanol–water partition coefficient (Wildman–Crippen LogP) is 5.70. The third-order valence-electron chi connectivity index (χ3n) is 5.05.